The Hall–Kier alpha value is -2.43. The van der Waals surface area contributed by atoms with E-state index in [1.165, 1.54) is 12.1 Å². The van der Waals surface area contributed by atoms with E-state index < -0.39 is 5.97 Å². The van der Waals surface area contributed by atoms with Crippen molar-refractivity contribution in [1.29, 1.82) is 0 Å². The molecule has 0 aliphatic carbocycles. The molecule has 0 bridgehead atoms. The van der Waals surface area contributed by atoms with E-state index in [9.17, 15) is 9.18 Å². The van der Waals surface area contributed by atoms with Crippen molar-refractivity contribution in [3.63, 3.8) is 0 Å². The Bertz CT molecular complexity index is 602. The van der Waals surface area contributed by atoms with Crippen LogP contribution in [0, 0.1) is 5.82 Å². The minimum atomic E-state index is -0.496. The van der Waals surface area contributed by atoms with E-state index in [0.717, 1.165) is 11.1 Å². The first-order chi connectivity index (χ1) is 9.06. The molecular formula is C14H13FN2O2. The minimum absolute atomic E-state index is 0.170. The van der Waals surface area contributed by atoms with Crippen molar-refractivity contribution < 1.29 is 13.9 Å². The van der Waals surface area contributed by atoms with E-state index >= 15 is 0 Å². The molecular weight excluding hydrogens is 247 g/mol. The van der Waals surface area contributed by atoms with Crippen LogP contribution in [0.3, 0.4) is 0 Å². The van der Waals surface area contributed by atoms with E-state index in [0.29, 0.717) is 5.69 Å². The highest BCUT2D eigenvalue weighted by molar-refractivity contribution is 5.88. The summed E-state index contributed by atoms with van der Waals surface area (Å²) in [4.78, 5) is 11.7. The summed E-state index contributed by atoms with van der Waals surface area (Å²) in [6, 6.07) is 7.42. The number of hydrogen-bond donors (Lipinski definition) is 1. The van der Waals surface area contributed by atoms with Gasteiger partial charge in [0.15, 0.2) is 0 Å². The van der Waals surface area contributed by atoms with Crippen molar-refractivity contribution >= 4 is 5.97 Å². The third-order valence-electron chi connectivity index (χ3n) is 2.39. The predicted octanol–water partition coefficient (Wildman–Crippen LogP) is 2.95. The van der Waals surface area contributed by atoms with Gasteiger partial charge in [0, 0.05) is 5.56 Å². The van der Waals surface area contributed by atoms with Crippen LogP contribution in [0.4, 0.5) is 4.39 Å². The summed E-state index contributed by atoms with van der Waals surface area (Å²) in [6.45, 7) is 5.58. The van der Waals surface area contributed by atoms with E-state index in [-0.39, 0.29) is 18.1 Å². The molecule has 98 valence electrons. The average molecular weight is 260 g/mol. The van der Waals surface area contributed by atoms with Crippen molar-refractivity contribution in [2.24, 2.45) is 0 Å². The fourth-order valence-corrected chi connectivity index (χ4v) is 1.46. The second kappa shape index (κ2) is 5.48. The Morgan fingerprint density at radius 2 is 2.11 bits per heavy atom. The highest BCUT2D eigenvalue weighted by Crippen LogP contribution is 2.18. The number of rotatable bonds is 4. The fraction of sp³-hybridized carbons (Fsp3) is 0.143. The second-order valence-corrected chi connectivity index (χ2v) is 4.21. The van der Waals surface area contributed by atoms with Crippen LogP contribution in [-0.4, -0.2) is 22.8 Å². The Kier molecular flexibility index (Phi) is 3.75. The summed E-state index contributed by atoms with van der Waals surface area (Å²) in [5.74, 6) is -0.816. The number of halogens is 1. The van der Waals surface area contributed by atoms with E-state index in [1.807, 2.05) is 0 Å². The van der Waals surface area contributed by atoms with E-state index in [2.05, 4.69) is 16.8 Å². The first kappa shape index (κ1) is 13.0. The number of aromatic amines is 1. The molecule has 0 unspecified atom stereocenters. The van der Waals surface area contributed by atoms with Gasteiger partial charge in [-0.3, -0.25) is 5.10 Å². The standard InChI is InChI=1S/C14H13FN2O2/c1-9(2)8-19-14(18)13-7-12(16-17-13)10-3-5-11(15)6-4-10/h3-7H,1,8H2,2H3,(H,16,17). The summed E-state index contributed by atoms with van der Waals surface area (Å²) in [7, 11) is 0. The summed E-state index contributed by atoms with van der Waals surface area (Å²) in [5, 5.41) is 6.59. The topological polar surface area (TPSA) is 55.0 Å². The van der Waals surface area contributed by atoms with Crippen molar-refractivity contribution in [3.8, 4) is 11.3 Å². The van der Waals surface area contributed by atoms with Crippen LogP contribution >= 0.6 is 0 Å². The van der Waals surface area contributed by atoms with E-state index in [4.69, 9.17) is 4.74 Å². The van der Waals surface area contributed by atoms with Crippen molar-refractivity contribution in [2.45, 2.75) is 6.92 Å². The zero-order valence-electron chi connectivity index (χ0n) is 10.4. The molecule has 19 heavy (non-hydrogen) atoms. The molecule has 0 saturated carbocycles. The predicted molar refractivity (Wildman–Crippen MR) is 69.1 cm³/mol. The maximum Gasteiger partial charge on any atom is 0.356 e. The Balaban J connectivity index is 2.12. The molecule has 4 nitrogen and oxygen atoms in total. The molecule has 5 heteroatoms. The minimum Gasteiger partial charge on any atom is -0.456 e. The lowest BCUT2D eigenvalue weighted by atomic mass is 10.1. The van der Waals surface area contributed by atoms with Crippen LogP contribution in [0.2, 0.25) is 0 Å². The molecule has 1 aromatic carbocycles. The summed E-state index contributed by atoms with van der Waals surface area (Å²) < 4.78 is 17.8. The number of nitrogens with zero attached hydrogens (tertiary/aromatic N) is 1. The van der Waals surface area contributed by atoms with Crippen LogP contribution in [0.5, 0.6) is 0 Å². The number of aromatic nitrogens is 2. The Morgan fingerprint density at radius 3 is 2.74 bits per heavy atom. The molecule has 2 aromatic rings. The van der Waals surface area contributed by atoms with E-state index in [1.54, 1.807) is 25.1 Å². The van der Waals surface area contributed by atoms with Crippen LogP contribution in [0.1, 0.15) is 17.4 Å². The maximum atomic E-state index is 12.8. The highest BCUT2D eigenvalue weighted by Gasteiger charge is 2.12. The quantitative estimate of drug-likeness (QED) is 0.679. The molecule has 0 atom stereocenters. The lowest BCUT2D eigenvalue weighted by Crippen LogP contribution is -2.07. The van der Waals surface area contributed by atoms with Crippen molar-refractivity contribution in [2.75, 3.05) is 6.61 Å². The molecule has 1 aromatic heterocycles. The molecule has 0 fully saturated rings. The second-order valence-electron chi connectivity index (χ2n) is 4.21. The SMILES string of the molecule is C=C(C)COC(=O)c1cc(-c2ccc(F)cc2)n[nH]1. The molecule has 0 amide bonds. The molecule has 1 heterocycles. The van der Waals surface area contributed by atoms with Gasteiger partial charge >= 0.3 is 5.97 Å². The van der Waals surface area contributed by atoms with Gasteiger partial charge in [0.25, 0.3) is 0 Å². The zero-order valence-corrected chi connectivity index (χ0v) is 10.4. The normalized spacial score (nSPS) is 10.2. The molecule has 2 rings (SSSR count). The molecule has 0 aliphatic rings. The number of hydrogen-bond acceptors (Lipinski definition) is 3. The van der Waals surface area contributed by atoms with Gasteiger partial charge in [-0.25, -0.2) is 9.18 Å². The van der Waals surface area contributed by atoms with Crippen molar-refractivity contribution in [3.05, 3.63) is 54.0 Å². The van der Waals surface area contributed by atoms with Crippen LogP contribution in [0.25, 0.3) is 11.3 Å². The summed E-state index contributed by atoms with van der Waals surface area (Å²) in [5.41, 5.74) is 2.28. The lowest BCUT2D eigenvalue weighted by Gasteiger charge is -2.00. The number of nitrogens with one attached hydrogen (secondary N) is 1. The van der Waals surface area contributed by atoms with Crippen LogP contribution in [0.15, 0.2) is 42.5 Å². The largest absolute Gasteiger partial charge is 0.456 e. The van der Waals surface area contributed by atoms with Gasteiger partial charge in [-0.1, -0.05) is 6.58 Å². The van der Waals surface area contributed by atoms with Gasteiger partial charge in [-0.2, -0.15) is 5.10 Å². The number of carbonyl (C=O) groups is 1. The Morgan fingerprint density at radius 1 is 1.42 bits per heavy atom. The smallest absolute Gasteiger partial charge is 0.356 e. The molecule has 0 radical (unpaired) electrons. The Labute approximate surface area is 109 Å². The van der Waals surface area contributed by atoms with Gasteiger partial charge in [0.1, 0.15) is 18.1 Å². The van der Waals surface area contributed by atoms with Gasteiger partial charge in [0.2, 0.25) is 0 Å². The van der Waals surface area contributed by atoms with Crippen LogP contribution in [-0.2, 0) is 4.74 Å². The molecule has 0 saturated heterocycles. The summed E-state index contributed by atoms with van der Waals surface area (Å²) >= 11 is 0. The zero-order chi connectivity index (χ0) is 13.8. The lowest BCUT2D eigenvalue weighted by molar-refractivity contribution is 0.0533. The van der Waals surface area contributed by atoms with Crippen LogP contribution < -0.4 is 0 Å². The molecule has 0 aliphatic heterocycles. The van der Waals surface area contributed by atoms with Gasteiger partial charge in [-0.15, -0.1) is 0 Å². The number of H-pyrrole nitrogens is 1. The monoisotopic (exact) mass is 260 g/mol. The molecule has 0 spiro atoms. The summed E-state index contributed by atoms with van der Waals surface area (Å²) in [6.07, 6.45) is 0. The number of benzene rings is 1. The van der Waals surface area contributed by atoms with Gasteiger partial charge < -0.3 is 4.74 Å². The number of esters is 1. The number of ether oxygens (including phenoxy) is 1. The van der Waals surface area contributed by atoms with Gasteiger partial charge in [-0.05, 0) is 42.8 Å². The average Bonchev–Trinajstić information content (AvgIpc) is 2.86. The first-order valence-corrected chi connectivity index (χ1v) is 5.69. The fourth-order valence-electron chi connectivity index (χ4n) is 1.46. The van der Waals surface area contributed by atoms with Gasteiger partial charge in [0.05, 0.1) is 5.69 Å². The highest BCUT2D eigenvalue weighted by atomic mass is 19.1. The third kappa shape index (κ3) is 3.28. The third-order valence-corrected chi connectivity index (χ3v) is 2.39. The maximum absolute atomic E-state index is 12.8. The number of carbonyl (C=O) groups excluding carboxylic acids is 1. The molecule has 1 N–H and O–H groups in total. The first-order valence-electron chi connectivity index (χ1n) is 5.69. The van der Waals surface area contributed by atoms with Crippen molar-refractivity contribution in [1.82, 2.24) is 10.2 Å².